The Bertz CT molecular complexity index is 383. The molecule has 0 aromatic carbocycles. The van der Waals surface area contributed by atoms with Gasteiger partial charge in [0.25, 0.3) is 0 Å². The molecule has 114 valence electrons. The molecule has 2 amide bonds. The van der Waals surface area contributed by atoms with E-state index < -0.39 is 11.5 Å². The van der Waals surface area contributed by atoms with E-state index in [-0.39, 0.29) is 25.2 Å². The largest absolute Gasteiger partial charge is 0.480 e. The third kappa shape index (κ3) is 2.61. The van der Waals surface area contributed by atoms with Crippen molar-refractivity contribution in [3.8, 4) is 0 Å². The van der Waals surface area contributed by atoms with Crippen LogP contribution in [-0.4, -0.2) is 63.3 Å². The van der Waals surface area contributed by atoms with Crippen molar-refractivity contribution < 1.29 is 19.8 Å². The Labute approximate surface area is 119 Å². The highest BCUT2D eigenvalue weighted by Crippen LogP contribution is 2.32. The molecule has 0 aromatic rings. The lowest BCUT2D eigenvalue weighted by atomic mass is 9.88. The van der Waals surface area contributed by atoms with E-state index in [4.69, 9.17) is 5.11 Å². The molecule has 1 unspecified atom stereocenters. The molecule has 6 heteroatoms. The summed E-state index contributed by atoms with van der Waals surface area (Å²) in [4.78, 5) is 27.4. The zero-order chi connectivity index (χ0) is 14.8. The van der Waals surface area contributed by atoms with Crippen molar-refractivity contribution in [1.82, 2.24) is 9.80 Å². The molecule has 0 radical (unpaired) electrons. The lowest BCUT2D eigenvalue weighted by Gasteiger charge is -2.46. The Morgan fingerprint density at radius 1 is 1.30 bits per heavy atom. The Balaban J connectivity index is 2.17. The van der Waals surface area contributed by atoms with Crippen molar-refractivity contribution in [2.75, 3.05) is 19.7 Å². The van der Waals surface area contributed by atoms with Gasteiger partial charge in [-0.25, -0.2) is 9.59 Å². The van der Waals surface area contributed by atoms with Gasteiger partial charge < -0.3 is 20.0 Å². The van der Waals surface area contributed by atoms with Crippen LogP contribution in [0.2, 0.25) is 0 Å². The minimum absolute atomic E-state index is 0.0835. The molecule has 0 aromatic heterocycles. The maximum absolute atomic E-state index is 12.7. The lowest BCUT2D eigenvalue weighted by molar-refractivity contribution is -0.151. The van der Waals surface area contributed by atoms with Crippen LogP contribution in [-0.2, 0) is 4.79 Å². The van der Waals surface area contributed by atoms with Gasteiger partial charge in [-0.05, 0) is 45.4 Å². The first-order valence-electron chi connectivity index (χ1n) is 7.43. The van der Waals surface area contributed by atoms with Crippen LogP contribution in [0, 0.1) is 0 Å². The first-order chi connectivity index (χ1) is 9.50. The van der Waals surface area contributed by atoms with E-state index in [1.807, 2.05) is 0 Å². The number of carbonyl (C=O) groups is 2. The van der Waals surface area contributed by atoms with Crippen LogP contribution in [0.4, 0.5) is 4.79 Å². The summed E-state index contributed by atoms with van der Waals surface area (Å²) >= 11 is 0. The number of aliphatic hydroxyl groups is 1. The predicted octanol–water partition coefficient (Wildman–Crippen LogP) is 1.28. The van der Waals surface area contributed by atoms with Crippen LogP contribution in [0.1, 0.15) is 45.4 Å². The zero-order valence-electron chi connectivity index (χ0n) is 12.0. The highest BCUT2D eigenvalue weighted by Gasteiger charge is 2.46. The van der Waals surface area contributed by atoms with Gasteiger partial charge in [-0.15, -0.1) is 0 Å². The molecule has 1 aliphatic heterocycles. The molecule has 1 heterocycles. The molecule has 2 aliphatic rings. The molecule has 1 saturated heterocycles. The van der Waals surface area contributed by atoms with E-state index in [0.29, 0.717) is 13.0 Å². The number of hydrogen-bond acceptors (Lipinski definition) is 3. The molecule has 2 rings (SSSR count). The fraction of sp³-hybridized carbons (Fsp3) is 0.857. The third-order valence-corrected chi connectivity index (χ3v) is 4.68. The number of carboxylic acids is 1. The van der Waals surface area contributed by atoms with Crippen molar-refractivity contribution in [2.24, 2.45) is 0 Å². The maximum Gasteiger partial charge on any atom is 0.329 e. The van der Waals surface area contributed by atoms with Gasteiger partial charge in [0.1, 0.15) is 5.54 Å². The highest BCUT2D eigenvalue weighted by atomic mass is 16.4. The van der Waals surface area contributed by atoms with Gasteiger partial charge in [-0.1, -0.05) is 0 Å². The highest BCUT2D eigenvalue weighted by molar-refractivity contribution is 5.86. The van der Waals surface area contributed by atoms with Crippen molar-refractivity contribution in [3.63, 3.8) is 0 Å². The SMILES string of the molecule is CC1(C(=O)O)CCCCN1C(=O)N(CCO)C1CCC1. The molecule has 0 spiro atoms. The van der Waals surface area contributed by atoms with Crippen LogP contribution in [0.3, 0.4) is 0 Å². The summed E-state index contributed by atoms with van der Waals surface area (Å²) in [6.07, 6.45) is 5.15. The van der Waals surface area contributed by atoms with E-state index in [2.05, 4.69) is 0 Å². The number of rotatable bonds is 4. The van der Waals surface area contributed by atoms with E-state index in [0.717, 1.165) is 32.1 Å². The second kappa shape index (κ2) is 5.99. The topological polar surface area (TPSA) is 81.1 Å². The van der Waals surface area contributed by atoms with E-state index in [1.165, 1.54) is 4.90 Å². The number of hydrogen-bond donors (Lipinski definition) is 2. The first-order valence-corrected chi connectivity index (χ1v) is 7.43. The molecule has 1 saturated carbocycles. The summed E-state index contributed by atoms with van der Waals surface area (Å²) in [6.45, 7) is 2.32. The molecular weight excluding hydrogens is 260 g/mol. The quantitative estimate of drug-likeness (QED) is 0.815. The summed E-state index contributed by atoms with van der Waals surface area (Å²) in [7, 11) is 0. The smallest absolute Gasteiger partial charge is 0.329 e. The molecule has 20 heavy (non-hydrogen) atoms. The minimum Gasteiger partial charge on any atom is -0.480 e. The summed E-state index contributed by atoms with van der Waals surface area (Å²) in [5, 5.41) is 18.6. The number of carbonyl (C=O) groups excluding carboxylic acids is 1. The fourth-order valence-corrected chi connectivity index (χ4v) is 3.05. The van der Waals surface area contributed by atoms with Crippen molar-refractivity contribution in [2.45, 2.75) is 57.0 Å². The Morgan fingerprint density at radius 2 is 2.00 bits per heavy atom. The van der Waals surface area contributed by atoms with Gasteiger partial charge in [0.15, 0.2) is 0 Å². The second-order valence-corrected chi connectivity index (χ2v) is 5.97. The molecule has 1 aliphatic carbocycles. The molecule has 2 N–H and O–H groups in total. The number of likely N-dealkylation sites (tertiary alicyclic amines) is 1. The first kappa shape index (κ1) is 15.1. The number of aliphatic hydroxyl groups excluding tert-OH is 1. The van der Waals surface area contributed by atoms with Gasteiger partial charge in [0.2, 0.25) is 0 Å². The summed E-state index contributed by atoms with van der Waals surface area (Å²) in [6, 6.07) is -0.0667. The summed E-state index contributed by atoms with van der Waals surface area (Å²) in [5.74, 6) is -0.942. The van der Waals surface area contributed by atoms with Crippen molar-refractivity contribution in [1.29, 1.82) is 0 Å². The molecular formula is C14H24N2O4. The number of piperidine rings is 1. The Hall–Kier alpha value is -1.30. The number of nitrogens with zero attached hydrogens (tertiary/aromatic N) is 2. The van der Waals surface area contributed by atoms with Crippen LogP contribution >= 0.6 is 0 Å². The number of amides is 2. The Kier molecular flexibility index (Phi) is 4.52. The minimum atomic E-state index is -1.12. The van der Waals surface area contributed by atoms with Crippen LogP contribution < -0.4 is 0 Å². The fourth-order valence-electron chi connectivity index (χ4n) is 3.05. The van der Waals surface area contributed by atoms with Crippen LogP contribution in [0.25, 0.3) is 0 Å². The number of aliphatic carboxylic acids is 1. The average Bonchev–Trinajstić information content (AvgIpc) is 2.36. The van der Waals surface area contributed by atoms with Crippen molar-refractivity contribution >= 4 is 12.0 Å². The lowest BCUT2D eigenvalue weighted by Crippen LogP contribution is -2.62. The van der Waals surface area contributed by atoms with Crippen molar-refractivity contribution in [3.05, 3.63) is 0 Å². The van der Waals surface area contributed by atoms with Crippen LogP contribution in [0.5, 0.6) is 0 Å². The molecule has 2 fully saturated rings. The molecule has 0 bridgehead atoms. The van der Waals surface area contributed by atoms with E-state index >= 15 is 0 Å². The van der Waals surface area contributed by atoms with Gasteiger partial charge in [0.05, 0.1) is 6.61 Å². The summed E-state index contributed by atoms with van der Waals surface area (Å²) in [5.41, 5.74) is -1.12. The second-order valence-electron chi connectivity index (χ2n) is 5.97. The van der Waals surface area contributed by atoms with Gasteiger partial charge in [-0.3, -0.25) is 0 Å². The van der Waals surface area contributed by atoms with E-state index in [9.17, 15) is 14.7 Å². The van der Waals surface area contributed by atoms with Gasteiger partial charge >= 0.3 is 12.0 Å². The number of carboxylic acid groups (broad SMARTS) is 1. The molecule has 1 atom stereocenters. The maximum atomic E-state index is 12.7. The predicted molar refractivity (Wildman–Crippen MR) is 73.4 cm³/mol. The Morgan fingerprint density at radius 3 is 2.50 bits per heavy atom. The van der Waals surface area contributed by atoms with E-state index in [1.54, 1.807) is 11.8 Å². The zero-order valence-corrected chi connectivity index (χ0v) is 12.0. The normalized spacial score (nSPS) is 27.0. The standard InChI is InChI=1S/C14H24N2O4/c1-14(12(18)19)7-2-3-8-16(14)13(20)15(9-10-17)11-5-4-6-11/h11,17H,2-10H2,1H3,(H,18,19). The van der Waals surface area contributed by atoms with Gasteiger partial charge in [-0.2, -0.15) is 0 Å². The summed E-state index contributed by atoms with van der Waals surface area (Å²) < 4.78 is 0. The molecule has 6 nitrogen and oxygen atoms in total. The van der Waals surface area contributed by atoms with Crippen LogP contribution in [0.15, 0.2) is 0 Å². The number of urea groups is 1. The monoisotopic (exact) mass is 284 g/mol. The average molecular weight is 284 g/mol. The third-order valence-electron chi connectivity index (χ3n) is 4.68. The van der Waals surface area contributed by atoms with Gasteiger partial charge in [0, 0.05) is 19.1 Å².